The van der Waals surface area contributed by atoms with Crippen molar-refractivity contribution in [3.63, 3.8) is 0 Å². The van der Waals surface area contributed by atoms with Crippen LogP contribution in [0.3, 0.4) is 0 Å². The van der Waals surface area contributed by atoms with Gasteiger partial charge in [-0.3, -0.25) is 4.90 Å². The van der Waals surface area contributed by atoms with E-state index < -0.39 is 0 Å². The van der Waals surface area contributed by atoms with E-state index in [1.807, 2.05) is 0 Å². The van der Waals surface area contributed by atoms with E-state index in [9.17, 15) is 0 Å². The number of ether oxygens (including phenoxy) is 2. The Morgan fingerprint density at radius 1 is 1.37 bits per heavy atom. The Hall–Kier alpha value is 0.230. The molecule has 19 heavy (non-hydrogen) atoms. The van der Waals surface area contributed by atoms with Crippen LogP contribution >= 0.6 is 12.6 Å². The third-order valence-corrected chi connectivity index (χ3v) is 5.56. The van der Waals surface area contributed by atoms with Gasteiger partial charge in [0.05, 0.1) is 6.61 Å². The maximum Gasteiger partial charge on any atom is 0.0589 e. The zero-order chi connectivity index (χ0) is 13.7. The molecule has 0 spiro atoms. The van der Waals surface area contributed by atoms with E-state index in [1.165, 1.54) is 12.8 Å². The van der Waals surface area contributed by atoms with Gasteiger partial charge in [-0.2, -0.15) is 12.6 Å². The summed E-state index contributed by atoms with van der Waals surface area (Å²) in [5.41, 5.74) is 0.345. The van der Waals surface area contributed by atoms with Gasteiger partial charge in [-0.15, -0.1) is 0 Å². The van der Waals surface area contributed by atoms with Gasteiger partial charge in [0.1, 0.15) is 0 Å². The minimum absolute atomic E-state index is 0.345. The first-order valence-corrected chi connectivity index (χ1v) is 8.26. The summed E-state index contributed by atoms with van der Waals surface area (Å²) in [6.07, 6.45) is 5.11. The SMILES string of the molecule is COCCN(CC1(CS)CCOCC1)C(C)C1CC1. The Kier molecular flexibility index (Phi) is 6.00. The third-order valence-electron chi connectivity index (χ3n) is 4.89. The van der Waals surface area contributed by atoms with Crippen LogP contribution < -0.4 is 0 Å². The van der Waals surface area contributed by atoms with Gasteiger partial charge >= 0.3 is 0 Å². The summed E-state index contributed by atoms with van der Waals surface area (Å²) < 4.78 is 10.8. The predicted octanol–water partition coefficient (Wildman–Crippen LogP) is 2.46. The standard InChI is InChI=1S/C15H29NO2S/c1-13(14-3-4-14)16(7-10-17-2)11-15(12-19)5-8-18-9-6-15/h13-14,19H,3-12H2,1-2H3. The van der Waals surface area contributed by atoms with Crippen LogP contribution in [0, 0.1) is 11.3 Å². The molecule has 0 N–H and O–H groups in total. The zero-order valence-electron chi connectivity index (χ0n) is 12.4. The van der Waals surface area contributed by atoms with Crippen LogP contribution in [0.15, 0.2) is 0 Å². The number of thiol groups is 1. The van der Waals surface area contributed by atoms with E-state index in [2.05, 4.69) is 24.5 Å². The zero-order valence-corrected chi connectivity index (χ0v) is 13.3. The largest absolute Gasteiger partial charge is 0.383 e. The summed E-state index contributed by atoms with van der Waals surface area (Å²) >= 11 is 4.64. The van der Waals surface area contributed by atoms with Gasteiger partial charge in [-0.25, -0.2) is 0 Å². The van der Waals surface area contributed by atoms with Crippen molar-refractivity contribution < 1.29 is 9.47 Å². The molecule has 0 bridgehead atoms. The van der Waals surface area contributed by atoms with Gasteiger partial charge in [-0.05, 0) is 49.7 Å². The number of rotatable bonds is 8. The van der Waals surface area contributed by atoms with Crippen LogP contribution in [0.25, 0.3) is 0 Å². The molecule has 1 unspecified atom stereocenters. The van der Waals surface area contributed by atoms with Crippen molar-refractivity contribution in [2.24, 2.45) is 11.3 Å². The fourth-order valence-electron chi connectivity index (χ4n) is 3.11. The van der Waals surface area contributed by atoms with Crippen LogP contribution in [0.4, 0.5) is 0 Å². The number of methoxy groups -OCH3 is 1. The van der Waals surface area contributed by atoms with Crippen LogP contribution in [-0.2, 0) is 9.47 Å². The predicted molar refractivity (Wildman–Crippen MR) is 82.0 cm³/mol. The van der Waals surface area contributed by atoms with E-state index in [4.69, 9.17) is 9.47 Å². The summed E-state index contributed by atoms with van der Waals surface area (Å²) in [6, 6.07) is 0.690. The van der Waals surface area contributed by atoms with Gasteiger partial charge in [0.15, 0.2) is 0 Å². The average Bonchev–Trinajstić information content (AvgIpc) is 3.28. The normalized spacial score (nSPS) is 24.6. The molecule has 112 valence electrons. The summed E-state index contributed by atoms with van der Waals surface area (Å²) in [6.45, 7) is 7.22. The molecule has 2 rings (SSSR count). The minimum Gasteiger partial charge on any atom is -0.383 e. The van der Waals surface area contributed by atoms with Crippen molar-refractivity contribution in [1.29, 1.82) is 0 Å². The topological polar surface area (TPSA) is 21.7 Å². The van der Waals surface area contributed by atoms with Gasteiger partial charge < -0.3 is 9.47 Å². The van der Waals surface area contributed by atoms with Crippen LogP contribution in [-0.4, -0.2) is 56.7 Å². The van der Waals surface area contributed by atoms with Crippen LogP contribution in [0.5, 0.6) is 0 Å². The number of nitrogens with zero attached hydrogens (tertiary/aromatic N) is 1. The molecule has 0 aromatic carbocycles. The number of hydrogen-bond donors (Lipinski definition) is 1. The second kappa shape index (κ2) is 7.30. The summed E-state index contributed by atoms with van der Waals surface area (Å²) in [5.74, 6) is 1.88. The fourth-order valence-corrected chi connectivity index (χ4v) is 3.53. The van der Waals surface area contributed by atoms with Crippen molar-refractivity contribution in [3.05, 3.63) is 0 Å². The Balaban J connectivity index is 1.95. The molecule has 1 saturated heterocycles. The lowest BCUT2D eigenvalue weighted by molar-refractivity contribution is -0.00536. The van der Waals surface area contributed by atoms with E-state index in [0.29, 0.717) is 11.5 Å². The molecule has 1 atom stereocenters. The van der Waals surface area contributed by atoms with Crippen molar-refractivity contribution in [2.75, 3.05) is 45.8 Å². The first kappa shape index (κ1) is 15.6. The molecule has 3 nitrogen and oxygen atoms in total. The molecule has 1 heterocycles. The van der Waals surface area contributed by atoms with E-state index in [1.54, 1.807) is 7.11 Å². The van der Waals surface area contributed by atoms with E-state index in [0.717, 1.165) is 57.4 Å². The summed E-state index contributed by atoms with van der Waals surface area (Å²) in [7, 11) is 1.79. The Labute approximate surface area is 123 Å². The first-order chi connectivity index (χ1) is 9.21. The Morgan fingerprint density at radius 3 is 2.58 bits per heavy atom. The molecule has 1 aliphatic heterocycles. The highest BCUT2D eigenvalue weighted by Gasteiger charge is 2.38. The lowest BCUT2D eigenvalue weighted by atomic mass is 9.81. The second-order valence-electron chi connectivity index (χ2n) is 6.31. The molecular weight excluding hydrogens is 258 g/mol. The Morgan fingerprint density at radius 2 is 2.05 bits per heavy atom. The maximum atomic E-state index is 5.53. The summed E-state index contributed by atoms with van der Waals surface area (Å²) in [4.78, 5) is 2.64. The molecule has 0 radical (unpaired) electrons. The lowest BCUT2D eigenvalue weighted by Gasteiger charge is -2.42. The van der Waals surface area contributed by atoms with E-state index >= 15 is 0 Å². The number of hydrogen-bond acceptors (Lipinski definition) is 4. The maximum absolute atomic E-state index is 5.53. The molecule has 1 aliphatic carbocycles. The second-order valence-corrected chi connectivity index (χ2v) is 6.63. The highest BCUT2D eigenvalue weighted by atomic mass is 32.1. The van der Waals surface area contributed by atoms with Gasteiger partial charge in [0.2, 0.25) is 0 Å². The van der Waals surface area contributed by atoms with Crippen molar-refractivity contribution in [2.45, 2.75) is 38.6 Å². The van der Waals surface area contributed by atoms with Gasteiger partial charge in [0.25, 0.3) is 0 Å². The van der Waals surface area contributed by atoms with Gasteiger partial charge in [-0.1, -0.05) is 0 Å². The smallest absolute Gasteiger partial charge is 0.0589 e. The molecule has 0 aromatic rings. The van der Waals surface area contributed by atoms with Crippen molar-refractivity contribution in [3.8, 4) is 0 Å². The highest BCUT2D eigenvalue weighted by molar-refractivity contribution is 7.80. The lowest BCUT2D eigenvalue weighted by Crippen LogP contribution is -2.47. The highest BCUT2D eigenvalue weighted by Crippen LogP contribution is 2.38. The van der Waals surface area contributed by atoms with Gasteiger partial charge in [0, 0.05) is 39.5 Å². The van der Waals surface area contributed by atoms with Crippen molar-refractivity contribution >= 4 is 12.6 Å². The minimum atomic E-state index is 0.345. The summed E-state index contributed by atoms with van der Waals surface area (Å²) in [5, 5.41) is 0. The average molecular weight is 287 g/mol. The van der Waals surface area contributed by atoms with E-state index in [-0.39, 0.29) is 0 Å². The fraction of sp³-hybridized carbons (Fsp3) is 1.00. The first-order valence-electron chi connectivity index (χ1n) is 7.62. The molecule has 2 fully saturated rings. The van der Waals surface area contributed by atoms with Crippen molar-refractivity contribution in [1.82, 2.24) is 4.90 Å². The molecule has 0 aromatic heterocycles. The molecule has 2 aliphatic rings. The molecular formula is C15H29NO2S. The van der Waals surface area contributed by atoms with Crippen LogP contribution in [0.2, 0.25) is 0 Å². The third kappa shape index (κ3) is 4.35. The molecule has 1 saturated carbocycles. The monoisotopic (exact) mass is 287 g/mol. The molecule has 0 amide bonds. The molecule has 4 heteroatoms. The quantitative estimate of drug-likeness (QED) is 0.693. The Bertz CT molecular complexity index is 265. The van der Waals surface area contributed by atoms with Crippen LogP contribution in [0.1, 0.15) is 32.6 Å².